The van der Waals surface area contributed by atoms with Crippen LogP contribution in [0.15, 0.2) is 50.4 Å². The van der Waals surface area contributed by atoms with E-state index in [1.165, 1.54) is 43.3 Å². The van der Waals surface area contributed by atoms with Crippen molar-refractivity contribution >= 4 is 17.9 Å². The second-order valence-electron chi connectivity index (χ2n) is 7.59. The number of hydrogen-bond acceptors (Lipinski definition) is 3. The summed E-state index contributed by atoms with van der Waals surface area (Å²) in [5, 5.41) is 0. The third kappa shape index (κ3) is 1.83. The van der Waals surface area contributed by atoms with Crippen molar-refractivity contribution in [1.82, 2.24) is 0 Å². The molecule has 0 radical (unpaired) electrons. The quantitative estimate of drug-likeness (QED) is 0.911. The topological polar surface area (TPSA) is 63.1 Å². The Morgan fingerprint density at radius 2 is 2.04 bits per heavy atom. The summed E-state index contributed by atoms with van der Waals surface area (Å²) in [5.41, 5.74) is 11.4. The Kier molecular flexibility index (Phi) is 2.88. The molecule has 2 bridgehead atoms. The van der Waals surface area contributed by atoms with Gasteiger partial charge in [0, 0.05) is 17.3 Å². The minimum absolute atomic E-state index is 0.0921. The van der Waals surface area contributed by atoms with Gasteiger partial charge in [-0.1, -0.05) is 37.6 Å². The van der Waals surface area contributed by atoms with Crippen LogP contribution in [0, 0.1) is 11.3 Å². The molecule has 4 nitrogen and oxygen atoms in total. The minimum Gasteiger partial charge on any atom is -0.383 e. The van der Waals surface area contributed by atoms with Crippen molar-refractivity contribution < 1.29 is 0 Å². The largest absolute Gasteiger partial charge is 0.383 e. The van der Waals surface area contributed by atoms with Crippen LogP contribution >= 0.6 is 0 Å². The summed E-state index contributed by atoms with van der Waals surface area (Å²) in [4.78, 5) is 14.2. The van der Waals surface area contributed by atoms with E-state index in [0.717, 1.165) is 22.9 Å². The van der Waals surface area contributed by atoms with Crippen LogP contribution in [0.5, 0.6) is 0 Å². The van der Waals surface area contributed by atoms with E-state index in [2.05, 4.69) is 18.1 Å². The second-order valence-corrected chi connectivity index (χ2v) is 7.59. The maximum Gasteiger partial charge on any atom is 0.164 e. The summed E-state index contributed by atoms with van der Waals surface area (Å²) in [7, 11) is 0. The highest BCUT2D eigenvalue weighted by Gasteiger charge is 2.53. The molecule has 2 aliphatic heterocycles. The van der Waals surface area contributed by atoms with Crippen LogP contribution in [0.2, 0.25) is 0 Å². The zero-order valence-corrected chi connectivity index (χ0v) is 14.0. The molecule has 1 fully saturated rings. The predicted octanol–water partition coefficient (Wildman–Crippen LogP) is 3.46. The van der Waals surface area contributed by atoms with Crippen molar-refractivity contribution in [1.29, 1.82) is 0 Å². The molecule has 1 aromatic rings. The first-order chi connectivity index (χ1) is 11.7. The maximum absolute atomic E-state index is 6.07. The molecule has 24 heavy (non-hydrogen) atoms. The summed E-state index contributed by atoms with van der Waals surface area (Å²) in [6.07, 6.45) is 8.31. The number of allylic oxidation sites excluding steroid dienone is 1. The number of hydrogen-bond donors (Lipinski definition) is 1. The zero-order valence-electron chi connectivity index (χ0n) is 14.0. The van der Waals surface area contributed by atoms with Crippen molar-refractivity contribution in [3.05, 3.63) is 46.5 Å². The lowest BCUT2D eigenvalue weighted by Crippen LogP contribution is -2.45. The Morgan fingerprint density at radius 3 is 2.83 bits per heavy atom. The van der Waals surface area contributed by atoms with Gasteiger partial charge < -0.3 is 5.73 Å². The Labute approximate surface area is 142 Å². The van der Waals surface area contributed by atoms with Crippen molar-refractivity contribution in [2.45, 2.75) is 45.2 Å². The standard InChI is InChI=1S/C20H22N4/c1-2-7-20-9-12(10-20)8-13-11-22-19(16(13)20)24-18-15-6-4-3-5-14(15)17(21)23-18/h3-6,11-12,19H,2,7-10H2,1H3,(H2,21,23,24). The van der Waals surface area contributed by atoms with Gasteiger partial charge in [0.15, 0.2) is 12.0 Å². The van der Waals surface area contributed by atoms with Crippen LogP contribution in [-0.2, 0) is 0 Å². The summed E-state index contributed by atoms with van der Waals surface area (Å²) < 4.78 is 0. The molecule has 0 amide bonds. The lowest BCUT2D eigenvalue weighted by atomic mass is 9.50. The van der Waals surface area contributed by atoms with Crippen LogP contribution in [0.4, 0.5) is 0 Å². The van der Waals surface area contributed by atoms with E-state index in [1.54, 1.807) is 0 Å². The molecular formula is C20H22N4. The third-order valence-electron chi connectivity index (χ3n) is 6.06. The van der Waals surface area contributed by atoms with Gasteiger partial charge in [-0.2, -0.15) is 0 Å². The first-order valence-electron chi connectivity index (χ1n) is 8.98. The first-order valence-corrected chi connectivity index (χ1v) is 8.98. The second kappa shape index (κ2) is 4.88. The molecule has 4 heteroatoms. The van der Waals surface area contributed by atoms with Crippen LogP contribution in [-0.4, -0.2) is 24.1 Å². The van der Waals surface area contributed by atoms with Gasteiger partial charge in [-0.05, 0) is 48.2 Å². The fraction of sp³-hybridized carbons (Fsp3) is 0.450. The van der Waals surface area contributed by atoms with E-state index in [-0.39, 0.29) is 6.17 Å². The number of rotatable bonds is 3. The Morgan fingerprint density at radius 1 is 1.25 bits per heavy atom. The SMILES string of the molecule is CCCC12CC(CC3=C1C(N=C1N=C(N)c4ccccc41)N=C3)C2. The predicted molar refractivity (Wildman–Crippen MR) is 97.7 cm³/mol. The zero-order chi connectivity index (χ0) is 16.3. The fourth-order valence-electron chi connectivity index (χ4n) is 5.23. The summed E-state index contributed by atoms with van der Waals surface area (Å²) >= 11 is 0. The first kappa shape index (κ1) is 14.1. The normalized spacial score (nSPS) is 34.2. The highest BCUT2D eigenvalue weighted by molar-refractivity contribution is 6.21. The number of nitrogens with zero attached hydrogens (tertiary/aromatic N) is 3. The number of aliphatic imine (C=N–C) groups is 3. The molecule has 5 aliphatic rings. The summed E-state index contributed by atoms with van der Waals surface area (Å²) in [6.45, 7) is 2.28. The fourth-order valence-corrected chi connectivity index (χ4v) is 5.23. The van der Waals surface area contributed by atoms with Crippen LogP contribution in [0.1, 0.15) is 50.2 Å². The van der Waals surface area contributed by atoms with Crippen LogP contribution in [0.3, 0.4) is 0 Å². The molecule has 3 aliphatic carbocycles. The average Bonchev–Trinajstić information content (AvgIpc) is 3.11. The van der Waals surface area contributed by atoms with Crippen molar-refractivity contribution in [3.63, 3.8) is 0 Å². The molecule has 1 aromatic carbocycles. The van der Waals surface area contributed by atoms with E-state index in [1.807, 2.05) is 24.3 Å². The smallest absolute Gasteiger partial charge is 0.164 e. The number of nitrogens with two attached hydrogens (primary N) is 1. The van der Waals surface area contributed by atoms with E-state index < -0.39 is 0 Å². The molecule has 0 aromatic heterocycles. The van der Waals surface area contributed by atoms with Gasteiger partial charge in [0.05, 0.1) is 0 Å². The van der Waals surface area contributed by atoms with Crippen molar-refractivity contribution in [3.8, 4) is 0 Å². The molecule has 2 N–H and O–H groups in total. The average molecular weight is 318 g/mol. The van der Waals surface area contributed by atoms with Crippen LogP contribution < -0.4 is 5.73 Å². The van der Waals surface area contributed by atoms with Gasteiger partial charge in [0.25, 0.3) is 0 Å². The van der Waals surface area contributed by atoms with Gasteiger partial charge >= 0.3 is 0 Å². The molecular weight excluding hydrogens is 296 g/mol. The molecule has 1 saturated carbocycles. The van der Waals surface area contributed by atoms with E-state index >= 15 is 0 Å². The lowest BCUT2D eigenvalue weighted by molar-refractivity contribution is 0.0621. The van der Waals surface area contributed by atoms with Gasteiger partial charge in [-0.15, -0.1) is 0 Å². The third-order valence-corrected chi connectivity index (χ3v) is 6.06. The minimum atomic E-state index is -0.0921. The number of fused-ring (bicyclic) bond motifs is 1. The molecule has 1 unspecified atom stereocenters. The highest BCUT2D eigenvalue weighted by Crippen LogP contribution is 2.62. The Bertz CT molecular complexity index is 837. The monoisotopic (exact) mass is 318 g/mol. The van der Waals surface area contributed by atoms with Gasteiger partial charge in [-0.25, -0.2) is 9.98 Å². The van der Waals surface area contributed by atoms with E-state index in [4.69, 9.17) is 15.7 Å². The molecule has 2 heterocycles. The molecule has 6 rings (SSSR count). The summed E-state index contributed by atoms with van der Waals surface area (Å²) in [5.74, 6) is 2.18. The van der Waals surface area contributed by atoms with Crippen LogP contribution in [0.25, 0.3) is 0 Å². The summed E-state index contributed by atoms with van der Waals surface area (Å²) in [6, 6.07) is 8.06. The Hall–Kier alpha value is -2.23. The Balaban J connectivity index is 1.55. The lowest BCUT2D eigenvalue weighted by Gasteiger charge is -2.54. The van der Waals surface area contributed by atoms with E-state index in [0.29, 0.717) is 11.3 Å². The van der Waals surface area contributed by atoms with Gasteiger partial charge in [0.2, 0.25) is 0 Å². The molecule has 0 spiro atoms. The number of amidine groups is 2. The molecule has 0 saturated heterocycles. The molecule has 122 valence electrons. The number of benzene rings is 1. The van der Waals surface area contributed by atoms with Crippen molar-refractivity contribution in [2.75, 3.05) is 0 Å². The van der Waals surface area contributed by atoms with Gasteiger partial charge in [-0.3, -0.25) is 4.99 Å². The molecule has 1 atom stereocenters. The maximum atomic E-state index is 6.07. The van der Waals surface area contributed by atoms with Gasteiger partial charge in [0.1, 0.15) is 5.84 Å². The highest BCUT2D eigenvalue weighted by atomic mass is 15.1. The van der Waals surface area contributed by atoms with E-state index in [9.17, 15) is 0 Å². The van der Waals surface area contributed by atoms with Crippen molar-refractivity contribution in [2.24, 2.45) is 32.0 Å².